The van der Waals surface area contributed by atoms with Gasteiger partial charge in [0.15, 0.2) is 0 Å². The molecule has 1 aliphatic heterocycles. The van der Waals surface area contributed by atoms with Crippen LogP contribution in [0.15, 0.2) is 34.9 Å². The van der Waals surface area contributed by atoms with Crippen LogP contribution in [0.2, 0.25) is 0 Å². The summed E-state index contributed by atoms with van der Waals surface area (Å²) < 4.78 is 105. The molecule has 0 saturated carbocycles. The maximum atomic E-state index is 12.8. The first-order valence-corrected chi connectivity index (χ1v) is 14.3. The third-order valence-electron chi connectivity index (χ3n) is 4.12. The zero-order chi connectivity index (χ0) is 33.4. The van der Waals surface area contributed by atoms with Crippen LogP contribution >= 0.6 is 11.8 Å². The number of amides is 1. The van der Waals surface area contributed by atoms with Gasteiger partial charge in [-0.1, -0.05) is 85.9 Å². The Morgan fingerprint density at radius 1 is 0.907 bits per heavy atom. The molecule has 15 heteroatoms. The summed E-state index contributed by atoms with van der Waals surface area (Å²) in [6.45, 7) is 16.9. The summed E-state index contributed by atoms with van der Waals surface area (Å²) in [6.07, 6.45) is -8.58. The molecular formula is C28H52F9N3O2S. The number of allylic oxidation sites excluding steroid dienone is 1. The normalized spacial score (nSPS) is 12.7. The fraction of sp³-hybridized carbons (Fsp3) is 0.679. The smallest absolute Gasteiger partial charge is 0.450 e. The van der Waals surface area contributed by atoms with Crippen LogP contribution in [-0.4, -0.2) is 36.8 Å². The fourth-order valence-electron chi connectivity index (χ4n) is 2.39. The van der Waals surface area contributed by atoms with Gasteiger partial charge in [-0.3, -0.25) is 4.79 Å². The van der Waals surface area contributed by atoms with Crippen LogP contribution in [-0.2, 0) is 9.53 Å². The lowest BCUT2D eigenvalue weighted by molar-refractivity contribution is -0.133. The van der Waals surface area contributed by atoms with Crippen molar-refractivity contribution in [1.29, 1.82) is 0 Å². The van der Waals surface area contributed by atoms with Crippen molar-refractivity contribution in [2.24, 2.45) is 5.92 Å². The molecule has 5 nitrogen and oxygen atoms in total. The fourth-order valence-corrected chi connectivity index (χ4v) is 3.25. The van der Waals surface area contributed by atoms with E-state index in [1.54, 1.807) is 31.2 Å². The van der Waals surface area contributed by atoms with Gasteiger partial charge in [0.2, 0.25) is 5.76 Å². The number of ether oxygens (including phenoxy) is 1. The van der Waals surface area contributed by atoms with E-state index in [-0.39, 0.29) is 32.8 Å². The minimum Gasteiger partial charge on any atom is -0.487 e. The zero-order valence-electron chi connectivity index (χ0n) is 27.0. The van der Waals surface area contributed by atoms with Gasteiger partial charge >= 0.3 is 18.5 Å². The van der Waals surface area contributed by atoms with Crippen molar-refractivity contribution in [2.75, 3.05) is 17.7 Å². The Labute approximate surface area is 256 Å². The molecule has 0 fully saturated rings. The van der Waals surface area contributed by atoms with Crippen molar-refractivity contribution in [2.45, 2.75) is 107 Å². The summed E-state index contributed by atoms with van der Waals surface area (Å²) in [4.78, 5) is 11.6. The van der Waals surface area contributed by atoms with Crippen LogP contribution < -0.4 is 17.6 Å². The minimum atomic E-state index is -4.66. The van der Waals surface area contributed by atoms with E-state index in [0.29, 0.717) is 11.4 Å². The van der Waals surface area contributed by atoms with Gasteiger partial charge in [-0.15, -0.1) is 11.8 Å². The average Bonchev–Trinajstić information content (AvgIpc) is 2.86. The van der Waals surface area contributed by atoms with Crippen molar-refractivity contribution < 1.29 is 49.0 Å². The number of alkyl halides is 9. The first-order valence-electron chi connectivity index (χ1n) is 13.3. The highest BCUT2D eigenvalue weighted by Crippen LogP contribution is 2.37. The lowest BCUT2D eigenvalue weighted by atomic mass is 10.0. The SMILES string of the molecule is CC.CC.CC(F)(F)F.CC(F)(F)F.CCCC(C)CC.Cc1ccccc1NC(=O)C1=C(C(F)(F)F)OCCS1.N.N. The predicted molar refractivity (Wildman–Crippen MR) is 162 cm³/mol. The van der Waals surface area contributed by atoms with E-state index in [0.717, 1.165) is 23.2 Å². The number of anilines is 1. The largest absolute Gasteiger partial charge is 0.487 e. The number of hydrogen-bond donors (Lipinski definition) is 3. The number of carbonyl (C=O) groups is 1. The maximum Gasteiger partial charge on any atom is 0.450 e. The number of carbonyl (C=O) groups excluding carboxylic acids is 1. The Bertz CT molecular complexity index is 807. The molecule has 0 spiro atoms. The van der Waals surface area contributed by atoms with Crippen LogP contribution in [0.5, 0.6) is 0 Å². The third-order valence-corrected chi connectivity index (χ3v) is 5.15. The first kappa shape index (κ1) is 53.4. The highest BCUT2D eigenvalue weighted by molar-refractivity contribution is 8.04. The van der Waals surface area contributed by atoms with Crippen molar-refractivity contribution in [3.05, 3.63) is 40.5 Å². The van der Waals surface area contributed by atoms with Gasteiger partial charge in [-0.25, -0.2) is 0 Å². The van der Waals surface area contributed by atoms with Gasteiger partial charge in [-0.2, -0.15) is 39.5 Å². The number of thioether (sulfide) groups is 1. The molecule has 0 radical (unpaired) electrons. The number of para-hydroxylation sites is 1. The Morgan fingerprint density at radius 2 is 1.33 bits per heavy atom. The molecular weight excluding hydrogens is 613 g/mol. The molecule has 1 aromatic carbocycles. The molecule has 1 amide bonds. The van der Waals surface area contributed by atoms with Crippen LogP contribution in [0, 0.1) is 12.8 Å². The Hall–Kier alpha value is -2.13. The number of hydrogen-bond acceptors (Lipinski definition) is 5. The summed E-state index contributed by atoms with van der Waals surface area (Å²) in [6, 6.07) is 6.88. The molecule has 260 valence electrons. The lowest BCUT2D eigenvalue weighted by Crippen LogP contribution is -2.26. The number of halogens is 9. The molecule has 7 N–H and O–H groups in total. The molecule has 0 saturated heterocycles. The van der Waals surface area contributed by atoms with Crippen molar-refractivity contribution in [3.8, 4) is 0 Å². The lowest BCUT2D eigenvalue weighted by Gasteiger charge is -2.22. The zero-order valence-corrected chi connectivity index (χ0v) is 27.8. The topological polar surface area (TPSA) is 108 Å². The van der Waals surface area contributed by atoms with E-state index in [9.17, 15) is 44.3 Å². The molecule has 0 aromatic heterocycles. The van der Waals surface area contributed by atoms with E-state index in [4.69, 9.17) is 0 Å². The molecule has 0 aliphatic carbocycles. The second-order valence-corrected chi connectivity index (χ2v) is 9.09. The Morgan fingerprint density at radius 3 is 1.65 bits per heavy atom. The van der Waals surface area contributed by atoms with Crippen LogP contribution in [0.25, 0.3) is 0 Å². The molecule has 1 heterocycles. The number of rotatable bonds is 5. The van der Waals surface area contributed by atoms with Crippen LogP contribution in [0.3, 0.4) is 0 Å². The number of aryl methyl sites for hydroxylation is 1. The molecule has 0 bridgehead atoms. The van der Waals surface area contributed by atoms with E-state index >= 15 is 0 Å². The Balaban J connectivity index is -0.000000124. The number of nitrogens with one attached hydrogen (secondary N) is 1. The van der Waals surface area contributed by atoms with Crippen LogP contribution in [0.1, 0.15) is 87.1 Å². The molecule has 1 aliphatic rings. The van der Waals surface area contributed by atoms with Gasteiger partial charge in [0.05, 0.1) is 6.61 Å². The van der Waals surface area contributed by atoms with Crippen molar-refractivity contribution >= 4 is 23.4 Å². The van der Waals surface area contributed by atoms with Crippen molar-refractivity contribution in [1.82, 2.24) is 12.3 Å². The standard InChI is InChI=1S/C13H12F3NO2S.C7H16.2C2H3F3.2C2H6.2H3N/c1-8-4-2-3-5-9(8)17-12(18)10-11(13(14,15)16)19-6-7-20-10;1-4-6-7(3)5-2;2*1-2(3,4)5;2*1-2;;/h2-5H,6-7H2,1H3,(H,17,18);7H,4-6H2,1-3H3;2*1H3;2*1-2H3;2*1H3. The van der Waals surface area contributed by atoms with E-state index < -0.39 is 35.1 Å². The molecule has 1 unspecified atom stereocenters. The molecule has 43 heavy (non-hydrogen) atoms. The van der Waals surface area contributed by atoms with E-state index in [1.807, 2.05) is 27.7 Å². The minimum absolute atomic E-state index is 0. The highest BCUT2D eigenvalue weighted by Gasteiger charge is 2.42. The summed E-state index contributed by atoms with van der Waals surface area (Å²) >= 11 is 0.854. The van der Waals surface area contributed by atoms with Gasteiger partial charge in [0.25, 0.3) is 5.91 Å². The summed E-state index contributed by atoms with van der Waals surface area (Å²) in [5, 5.41) is 2.48. The highest BCUT2D eigenvalue weighted by atomic mass is 32.2. The molecule has 2 rings (SSSR count). The van der Waals surface area contributed by atoms with Crippen molar-refractivity contribution in [3.63, 3.8) is 0 Å². The second-order valence-electron chi connectivity index (χ2n) is 7.99. The second kappa shape index (κ2) is 28.6. The quantitative estimate of drug-likeness (QED) is 0.271. The van der Waals surface area contributed by atoms with Gasteiger partial charge in [0, 0.05) is 25.3 Å². The maximum absolute atomic E-state index is 12.8. The number of benzene rings is 1. The average molecular weight is 666 g/mol. The van der Waals surface area contributed by atoms with E-state index in [2.05, 4.69) is 30.8 Å². The first-order chi connectivity index (χ1) is 18.7. The molecule has 1 aromatic rings. The van der Waals surface area contributed by atoms with Gasteiger partial charge in [0.1, 0.15) is 4.91 Å². The summed E-state index contributed by atoms with van der Waals surface area (Å²) in [5.74, 6) is -0.739. The van der Waals surface area contributed by atoms with Crippen LogP contribution in [0.4, 0.5) is 45.2 Å². The summed E-state index contributed by atoms with van der Waals surface area (Å²) in [7, 11) is 0. The monoisotopic (exact) mass is 665 g/mol. The molecule has 1 atom stereocenters. The van der Waals surface area contributed by atoms with Gasteiger partial charge in [-0.05, 0) is 24.5 Å². The van der Waals surface area contributed by atoms with E-state index in [1.165, 1.54) is 19.3 Å². The third kappa shape index (κ3) is 37.8. The Kier molecular flexibility index (Phi) is 35.6. The summed E-state index contributed by atoms with van der Waals surface area (Å²) in [5.41, 5.74) is 1.26. The van der Waals surface area contributed by atoms with Gasteiger partial charge < -0.3 is 22.4 Å². The predicted octanol–water partition coefficient (Wildman–Crippen LogP) is 11.8.